The molecule has 3 N–H and O–H groups in total. The smallest absolute Gasteiger partial charge is 0.294 e. The van der Waals surface area contributed by atoms with E-state index in [0.29, 0.717) is 43.3 Å². The van der Waals surface area contributed by atoms with Crippen molar-refractivity contribution in [2.24, 2.45) is 5.73 Å². The molecule has 2 heterocycles. The van der Waals surface area contributed by atoms with E-state index in [1.807, 2.05) is 12.1 Å². The molecule has 0 unspecified atom stereocenters. The standard InChI is InChI=1S/C24H24N4O6S/c25-21(29)15-34-19-8-4-1-5-16(19)13-20-23(31)28(24(32)35-20)14-22(30)26-17-6-2-3-7-18(17)27-9-11-33-12-10-27/h1-8,13H,9-12,14-15H2,(H2,25,29)(H,26,30). The minimum absolute atomic E-state index is 0.145. The highest BCUT2D eigenvalue weighted by Crippen LogP contribution is 2.34. The zero-order valence-electron chi connectivity index (χ0n) is 18.8. The Morgan fingerprint density at radius 1 is 1.09 bits per heavy atom. The van der Waals surface area contributed by atoms with Gasteiger partial charge in [-0.15, -0.1) is 0 Å². The van der Waals surface area contributed by atoms with Crippen molar-refractivity contribution in [1.82, 2.24) is 4.90 Å². The van der Waals surface area contributed by atoms with Gasteiger partial charge in [-0.3, -0.25) is 24.1 Å². The second kappa shape index (κ2) is 11.1. The normalized spacial score (nSPS) is 17.1. The van der Waals surface area contributed by atoms with Crippen molar-refractivity contribution in [1.29, 1.82) is 0 Å². The summed E-state index contributed by atoms with van der Waals surface area (Å²) < 4.78 is 10.8. The number of carbonyl (C=O) groups excluding carboxylic acids is 4. The third-order valence-corrected chi connectivity index (χ3v) is 6.19. The van der Waals surface area contributed by atoms with Crippen LogP contribution in [-0.2, 0) is 19.1 Å². The summed E-state index contributed by atoms with van der Waals surface area (Å²) in [4.78, 5) is 52.4. The number of hydrogen-bond donors (Lipinski definition) is 2. The van der Waals surface area contributed by atoms with E-state index in [2.05, 4.69) is 10.2 Å². The number of ether oxygens (including phenoxy) is 2. The van der Waals surface area contributed by atoms with Crippen LogP contribution < -0.4 is 20.7 Å². The van der Waals surface area contributed by atoms with Crippen molar-refractivity contribution in [3.05, 3.63) is 59.0 Å². The number of para-hydroxylation sites is 3. The number of thioether (sulfide) groups is 1. The van der Waals surface area contributed by atoms with Crippen molar-refractivity contribution >= 4 is 52.2 Å². The van der Waals surface area contributed by atoms with Gasteiger partial charge in [0.25, 0.3) is 17.1 Å². The number of morpholine rings is 1. The van der Waals surface area contributed by atoms with Crippen molar-refractivity contribution < 1.29 is 28.7 Å². The van der Waals surface area contributed by atoms with Crippen LogP contribution in [0.1, 0.15) is 5.56 Å². The number of nitrogens with one attached hydrogen (secondary N) is 1. The Bertz CT molecular complexity index is 1180. The van der Waals surface area contributed by atoms with Gasteiger partial charge in [-0.1, -0.05) is 30.3 Å². The summed E-state index contributed by atoms with van der Waals surface area (Å²) in [5.74, 6) is -1.36. The van der Waals surface area contributed by atoms with Crippen LogP contribution in [0.2, 0.25) is 0 Å². The summed E-state index contributed by atoms with van der Waals surface area (Å²) in [6.45, 7) is 1.86. The van der Waals surface area contributed by atoms with E-state index in [4.69, 9.17) is 15.2 Å². The van der Waals surface area contributed by atoms with E-state index in [1.54, 1.807) is 36.4 Å². The van der Waals surface area contributed by atoms with Crippen LogP contribution in [0.15, 0.2) is 53.4 Å². The maximum atomic E-state index is 12.9. The molecule has 0 aromatic heterocycles. The number of nitrogens with two attached hydrogens (primary N) is 1. The number of amides is 4. The van der Waals surface area contributed by atoms with Crippen LogP contribution in [0.3, 0.4) is 0 Å². The van der Waals surface area contributed by atoms with Gasteiger partial charge < -0.3 is 25.4 Å². The van der Waals surface area contributed by atoms with Gasteiger partial charge in [-0.25, -0.2) is 0 Å². The second-order valence-electron chi connectivity index (χ2n) is 7.73. The molecule has 11 heteroatoms. The highest BCUT2D eigenvalue weighted by molar-refractivity contribution is 8.18. The Labute approximate surface area is 206 Å². The third-order valence-electron chi connectivity index (χ3n) is 5.28. The molecule has 2 aliphatic rings. The number of rotatable bonds is 8. The predicted octanol–water partition coefficient (Wildman–Crippen LogP) is 2.06. The van der Waals surface area contributed by atoms with Gasteiger partial charge in [-0.2, -0.15) is 0 Å². The topological polar surface area (TPSA) is 131 Å². The molecule has 0 aliphatic carbocycles. The highest BCUT2D eigenvalue weighted by atomic mass is 32.2. The quantitative estimate of drug-likeness (QED) is 0.531. The maximum absolute atomic E-state index is 12.9. The second-order valence-corrected chi connectivity index (χ2v) is 8.72. The Balaban J connectivity index is 1.45. The van der Waals surface area contributed by atoms with Gasteiger partial charge in [0, 0.05) is 18.7 Å². The number of imide groups is 1. The van der Waals surface area contributed by atoms with Crippen LogP contribution in [0, 0.1) is 0 Å². The zero-order valence-corrected chi connectivity index (χ0v) is 19.6. The Morgan fingerprint density at radius 2 is 1.80 bits per heavy atom. The van der Waals surface area contributed by atoms with Crippen LogP contribution in [0.4, 0.5) is 16.2 Å². The fourth-order valence-corrected chi connectivity index (χ4v) is 4.48. The summed E-state index contributed by atoms with van der Waals surface area (Å²) >= 11 is 0.733. The largest absolute Gasteiger partial charge is 0.483 e. The summed E-state index contributed by atoms with van der Waals surface area (Å²) in [7, 11) is 0. The van der Waals surface area contributed by atoms with Crippen molar-refractivity contribution in [2.75, 3.05) is 49.7 Å². The highest BCUT2D eigenvalue weighted by Gasteiger charge is 2.36. The molecule has 4 rings (SSSR count). The van der Waals surface area contributed by atoms with E-state index >= 15 is 0 Å². The SMILES string of the molecule is NC(=O)COc1ccccc1C=C1SC(=O)N(CC(=O)Nc2ccccc2N2CCOCC2)C1=O. The molecule has 0 bridgehead atoms. The van der Waals surface area contributed by atoms with E-state index in [1.165, 1.54) is 6.08 Å². The van der Waals surface area contributed by atoms with Crippen LogP contribution in [0.5, 0.6) is 5.75 Å². The number of anilines is 2. The van der Waals surface area contributed by atoms with Gasteiger partial charge in [0.05, 0.1) is 29.5 Å². The first-order valence-corrected chi connectivity index (χ1v) is 11.7. The number of benzene rings is 2. The molecule has 35 heavy (non-hydrogen) atoms. The van der Waals surface area contributed by atoms with Crippen LogP contribution in [-0.4, -0.2) is 67.3 Å². The summed E-state index contributed by atoms with van der Waals surface area (Å²) in [5, 5.41) is 2.27. The van der Waals surface area contributed by atoms with Crippen molar-refractivity contribution in [2.45, 2.75) is 0 Å². The molecule has 0 spiro atoms. The predicted molar refractivity (Wildman–Crippen MR) is 132 cm³/mol. The molecular weight excluding hydrogens is 472 g/mol. The first kappa shape index (κ1) is 24.3. The van der Waals surface area contributed by atoms with Gasteiger partial charge in [-0.05, 0) is 36.0 Å². The molecule has 2 saturated heterocycles. The average Bonchev–Trinajstić information content (AvgIpc) is 3.11. The van der Waals surface area contributed by atoms with Crippen LogP contribution >= 0.6 is 11.8 Å². The van der Waals surface area contributed by atoms with E-state index in [9.17, 15) is 19.2 Å². The maximum Gasteiger partial charge on any atom is 0.294 e. The molecule has 0 saturated carbocycles. The van der Waals surface area contributed by atoms with Crippen LogP contribution in [0.25, 0.3) is 6.08 Å². The molecule has 2 aliphatic heterocycles. The summed E-state index contributed by atoms with van der Waals surface area (Å²) in [6.07, 6.45) is 1.49. The van der Waals surface area contributed by atoms with Gasteiger partial charge in [0.15, 0.2) is 6.61 Å². The lowest BCUT2D eigenvalue weighted by Gasteiger charge is -2.30. The van der Waals surface area contributed by atoms with E-state index in [0.717, 1.165) is 22.3 Å². The molecule has 0 radical (unpaired) electrons. The number of primary amides is 1. The lowest BCUT2D eigenvalue weighted by Crippen LogP contribution is -2.38. The van der Waals surface area contributed by atoms with Crippen molar-refractivity contribution in [3.8, 4) is 5.75 Å². The first-order chi connectivity index (χ1) is 16.9. The van der Waals surface area contributed by atoms with E-state index < -0.39 is 29.5 Å². The molecule has 4 amide bonds. The molecule has 2 aromatic carbocycles. The minimum Gasteiger partial charge on any atom is -0.483 e. The summed E-state index contributed by atoms with van der Waals surface area (Å²) in [6, 6.07) is 14.1. The van der Waals surface area contributed by atoms with Crippen molar-refractivity contribution in [3.63, 3.8) is 0 Å². The lowest BCUT2D eigenvalue weighted by molar-refractivity contribution is -0.127. The number of hydrogen-bond acceptors (Lipinski definition) is 8. The van der Waals surface area contributed by atoms with Gasteiger partial charge in [0.2, 0.25) is 5.91 Å². The molecule has 2 fully saturated rings. The molecule has 10 nitrogen and oxygen atoms in total. The average molecular weight is 497 g/mol. The Hall–Kier alpha value is -3.83. The number of carbonyl (C=O) groups is 4. The third kappa shape index (κ3) is 6.00. The van der Waals surface area contributed by atoms with E-state index in [-0.39, 0.29) is 11.5 Å². The molecule has 0 atom stereocenters. The molecule has 2 aromatic rings. The fourth-order valence-electron chi connectivity index (χ4n) is 3.65. The monoisotopic (exact) mass is 496 g/mol. The zero-order chi connectivity index (χ0) is 24.8. The van der Waals surface area contributed by atoms with Gasteiger partial charge in [0.1, 0.15) is 12.3 Å². The first-order valence-electron chi connectivity index (χ1n) is 10.9. The fraction of sp³-hybridized carbons (Fsp3) is 0.250. The minimum atomic E-state index is -0.638. The molecular formula is C24H24N4O6S. The van der Waals surface area contributed by atoms with Gasteiger partial charge >= 0.3 is 0 Å². The summed E-state index contributed by atoms with van der Waals surface area (Å²) in [5.41, 5.74) is 7.09. The molecule has 182 valence electrons. The Morgan fingerprint density at radius 3 is 2.57 bits per heavy atom. The number of nitrogens with zero attached hydrogens (tertiary/aromatic N) is 2. The Kier molecular flexibility index (Phi) is 7.68. The lowest BCUT2D eigenvalue weighted by atomic mass is 10.2.